The Morgan fingerprint density at radius 2 is 0.699 bits per heavy atom. The SMILES string of the molecule is CC1(C)c2ccccc2-c2ccc(-c3cccc(-c4cc(-c5ccc6ccc7ccc8nc(-c9ccccc9)sc8c7c6c5)cc(-c5ccc6ccc7ccc8nc(-c9ccccc9)sc8c7c6c5)c4)c3)cc21. The summed E-state index contributed by atoms with van der Waals surface area (Å²) in [7, 11) is 0. The Kier molecular flexibility index (Phi) is 9.38. The molecule has 0 spiro atoms. The summed E-state index contributed by atoms with van der Waals surface area (Å²) in [6, 6.07) is 85.3. The van der Waals surface area contributed by atoms with Crippen LogP contribution < -0.4 is 0 Å². The molecule has 0 aliphatic heterocycles. The zero-order valence-corrected chi connectivity index (χ0v) is 41.8. The summed E-state index contributed by atoms with van der Waals surface area (Å²) in [5, 5.41) is 11.9. The van der Waals surface area contributed by atoms with Gasteiger partial charge in [0.1, 0.15) is 10.0 Å². The van der Waals surface area contributed by atoms with Crippen LogP contribution in [0.5, 0.6) is 0 Å². The van der Waals surface area contributed by atoms with Gasteiger partial charge in [-0.1, -0.05) is 190 Å². The van der Waals surface area contributed by atoms with Gasteiger partial charge in [0.25, 0.3) is 0 Å². The highest BCUT2D eigenvalue weighted by atomic mass is 32.1. The Hall–Kier alpha value is -8.54. The van der Waals surface area contributed by atoms with Crippen LogP contribution in [0, 0.1) is 0 Å². The molecular formula is C69H44N2S2. The minimum atomic E-state index is -0.0783. The highest BCUT2D eigenvalue weighted by molar-refractivity contribution is 7.23. The number of hydrogen-bond acceptors (Lipinski definition) is 4. The van der Waals surface area contributed by atoms with Crippen molar-refractivity contribution in [1.82, 2.24) is 9.97 Å². The average Bonchev–Trinajstić information content (AvgIpc) is 4.16. The number of fused-ring (bicyclic) bond motifs is 13. The van der Waals surface area contributed by atoms with E-state index in [9.17, 15) is 0 Å². The summed E-state index contributed by atoms with van der Waals surface area (Å²) >= 11 is 3.57. The second kappa shape index (κ2) is 16.2. The van der Waals surface area contributed by atoms with Gasteiger partial charge >= 0.3 is 0 Å². The molecule has 342 valence electrons. The van der Waals surface area contributed by atoms with E-state index in [1.807, 2.05) is 0 Å². The molecule has 73 heavy (non-hydrogen) atoms. The number of rotatable bonds is 6. The quantitative estimate of drug-likeness (QED) is 0.155. The van der Waals surface area contributed by atoms with Gasteiger partial charge in [-0.15, -0.1) is 22.7 Å². The van der Waals surface area contributed by atoms with Crippen molar-refractivity contribution >= 4 is 86.2 Å². The second-order valence-corrected chi connectivity index (χ2v) is 22.1. The molecule has 0 bridgehead atoms. The highest BCUT2D eigenvalue weighted by Crippen LogP contribution is 2.50. The Labute approximate surface area is 431 Å². The number of thiazole rings is 2. The molecule has 15 rings (SSSR count). The molecule has 0 amide bonds. The van der Waals surface area contributed by atoms with Crippen molar-refractivity contribution in [2.24, 2.45) is 0 Å². The van der Waals surface area contributed by atoms with Gasteiger partial charge < -0.3 is 0 Å². The van der Waals surface area contributed by atoms with Gasteiger partial charge in [-0.2, -0.15) is 0 Å². The van der Waals surface area contributed by atoms with E-state index in [1.54, 1.807) is 22.7 Å². The standard InChI is InChI=1S/C69H44N2S2/c1-69(2)59-19-10-9-18-55(59)56-31-28-51(40-60(56)69)47-16-11-17-48(34-47)52-35-53(49-26-22-41-20-24-43-29-32-61-65(63(43)57(41)38-49)72-67(70-61)45-12-5-3-6-13-45)37-54(36-52)50-27-23-42-21-25-44-30-33-62-66(64(44)58(42)39-50)73-68(71-62)46-14-7-4-8-15-46/h3-40H,1-2H3. The third kappa shape index (κ3) is 6.82. The third-order valence-electron chi connectivity index (χ3n) is 15.5. The van der Waals surface area contributed by atoms with Crippen molar-refractivity contribution < 1.29 is 0 Å². The van der Waals surface area contributed by atoms with Crippen molar-refractivity contribution in [3.8, 4) is 76.8 Å². The van der Waals surface area contributed by atoms with Gasteiger partial charge in [-0.05, 0) is 154 Å². The molecule has 0 unspecified atom stereocenters. The van der Waals surface area contributed by atoms with Crippen LogP contribution in [0.2, 0.25) is 0 Å². The molecule has 12 aromatic carbocycles. The minimum Gasteiger partial charge on any atom is -0.236 e. The van der Waals surface area contributed by atoms with Crippen molar-refractivity contribution in [2.75, 3.05) is 0 Å². The largest absolute Gasteiger partial charge is 0.236 e. The van der Waals surface area contributed by atoms with Crippen LogP contribution in [0.3, 0.4) is 0 Å². The molecule has 2 nitrogen and oxygen atoms in total. The van der Waals surface area contributed by atoms with Gasteiger partial charge in [-0.25, -0.2) is 9.97 Å². The van der Waals surface area contributed by atoms with Crippen LogP contribution in [-0.4, -0.2) is 9.97 Å². The van der Waals surface area contributed by atoms with Gasteiger partial charge in [0.15, 0.2) is 0 Å². The smallest absolute Gasteiger partial charge is 0.124 e. The monoisotopic (exact) mass is 964 g/mol. The summed E-state index contributed by atoms with van der Waals surface area (Å²) in [6.45, 7) is 4.72. The second-order valence-electron chi connectivity index (χ2n) is 20.1. The summed E-state index contributed by atoms with van der Waals surface area (Å²) in [5.41, 5.74) is 19.2. The zero-order valence-electron chi connectivity index (χ0n) is 40.2. The lowest BCUT2D eigenvalue weighted by Gasteiger charge is -2.22. The number of hydrogen-bond donors (Lipinski definition) is 0. The zero-order chi connectivity index (χ0) is 48.4. The van der Waals surface area contributed by atoms with Gasteiger partial charge in [-0.3, -0.25) is 0 Å². The molecule has 0 fully saturated rings. The Balaban J connectivity index is 0.920. The molecule has 14 aromatic rings. The van der Waals surface area contributed by atoms with Crippen molar-refractivity contribution in [2.45, 2.75) is 19.3 Å². The first-order valence-corrected chi connectivity index (χ1v) is 26.7. The Morgan fingerprint density at radius 1 is 0.301 bits per heavy atom. The maximum Gasteiger partial charge on any atom is 0.124 e. The summed E-state index contributed by atoms with van der Waals surface area (Å²) in [6.07, 6.45) is 0. The van der Waals surface area contributed by atoms with E-state index in [1.165, 1.54) is 119 Å². The molecule has 0 N–H and O–H groups in total. The average molecular weight is 965 g/mol. The van der Waals surface area contributed by atoms with Crippen molar-refractivity contribution in [3.63, 3.8) is 0 Å². The lowest BCUT2D eigenvalue weighted by Crippen LogP contribution is -2.14. The number of nitrogens with zero attached hydrogens (tertiary/aromatic N) is 2. The van der Waals surface area contributed by atoms with E-state index in [2.05, 4.69) is 244 Å². The Morgan fingerprint density at radius 3 is 1.26 bits per heavy atom. The van der Waals surface area contributed by atoms with Gasteiger partial charge in [0, 0.05) is 27.3 Å². The summed E-state index contributed by atoms with van der Waals surface area (Å²) < 4.78 is 2.44. The fourth-order valence-corrected chi connectivity index (χ4v) is 14.0. The third-order valence-corrected chi connectivity index (χ3v) is 17.7. The Bertz CT molecular complexity index is 4360. The van der Waals surface area contributed by atoms with Crippen molar-refractivity contribution in [3.05, 3.63) is 242 Å². The fraction of sp³-hybridized carbons (Fsp3) is 0.0435. The van der Waals surface area contributed by atoms with Crippen LogP contribution in [0.4, 0.5) is 0 Å². The van der Waals surface area contributed by atoms with E-state index in [0.717, 1.165) is 32.2 Å². The number of benzene rings is 12. The first-order valence-electron chi connectivity index (χ1n) is 25.0. The first-order chi connectivity index (χ1) is 35.9. The molecule has 0 atom stereocenters. The summed E-state index contributed by atoms with van der Waals surface area (Å²) in [4.78, 5) is 10.3. The molecule has 1 aliphatic carbocycles. The van der Waals surface area contributed by atoms with Gasteiger partial charge in [0.2, 0.25) is 0 Å². The molecular weight excluding hydrogens is 921 g/mol. The molecule has 0 radical (unpaired) electrons. The van der Waals surface area contributed by atoms with E-state index in [0.29, 0.717) is 0 Å². The molecule has 0 saturated carbocycles. The molecule has 1 aliphatic rings. The molecule has 4 heteroatoms. The fourth-order valence-electron chi connectivity index (χ4n) is 11.7. The maximum absolute atomic E-state index is 5.16. The maximum atomic E-state index is 5.16. The van der Waals surface area contributed by atoms with E-state index in [4.69, 9.17) is 9.97 Å². The van der Waals surface area contributed by atoms with E-state index < -0.39 is 0 Å². The molecule has 2 aromatic heterocycles. The van der Waals surface area contributed by atoms with Crippen LogP contribution in [0.15, 0.2) is 231 Å². The number of aromatic nitrogens is 2. The minimum absolute atomic E-state index is 0.0783. The predicted molar refractivity (Wildman–Crippen MR) is 313 cm³/mol. The van der Waals surface area contributed by atoms with Crippen LogP contribution in [-0.2, 0) is 5.41 Å². The van der Waals surface area contributed by atoms with Crippen LogP contribution in [0.1, 0.15) is 25.0 Å². The normalized spacial score (nSPS) is 12.9. The van der Waals surface area contributed by atoms with E-state index >= 15 is 0 Å². The lowest BCUT2D eigenvalue weighted by molar-refractivity contribution is 0.660. The lowest BCUT2D eigenvalue weighted by atomic mass is 9.81. The first kappa shape index (κ1) is 42.2. The topological polar surface area (TPSA) is 25.8 Å². The van der Waals surface area contributed by atoms with Crippen LogP contribution in [0.25, 0.3) is 140 Å². The predicted octanol–water partition coefficient (Wildman–Crippen LogP) is 19.8. The molecule has 0 saturated heterocycles. The summed E-state index contributed by atoms with van der Waals surface area (Å²) in [5.74, 6) is 0. The highest BCUT2D eigenvalue weighted by Gasteiger charge is 2.35. The van der Waals surface area contributed by atoms with E-state index in [-0.39, 0.29) is 5.41 Å². The van der Waals surface area contributed by atoms with Gasteiger partial charge in [0.05, 0.1) is 20.4 Å². The van der Waals surface area contributed by atoms with Crippen LogP contribution >= 0.6 is 22.7 Å². The molecule has 2 heterocycles. The van der Waals surface area contributed by atoms with Crippen molar-refractivity contribution in [1.29, 1.82) is 0 Å².